The standard InChI is InChI=1S/C10H20N2O3S/c1-8(13)11-6-7-12-9-4-3-5-10(9)16(2,14)15/h9-10,12H,3-7H2,1-2H3,(H,11,13). The van der Waals surface area contributed by atoms with Crippen LogP contribution in [0.15, 0.2) is 0 Å². The van der Waals surface area contributed by atoms with E-state index in [0.29, 0.717) is 13.1 Å². The highest BCUT2D eigenvalue weighted by molar-refractivity contribution is 7.91. The summed E-state index contributed by atoms with van der Waals surface area (Å²) < 4.78 is 23.0. The highest BCUT2D eigenvalue weighted by atomic mass is 32.2. The third-order valence-corrected chi connectivity index (χ3v) is 4.57. The molecule has 0 aliphatic heterocycles. The Morgan fingerprint density at radius 1 is 1.31 bits per heavy atom. The zero-order valence-electron chi connectivity index (χ0n) is 9.82. The molecule has 0 bridgehead atoms. The van der Waals surface area contributed by atoms with Gasteiger partial charge >= 0.3 is 0 Å². The zero-order chi connectivity index (χ0) is 12.2. The molecule has 6 heteroatoms. The molecule has 2 N–H and O–H groups in total. The number of carbonyl (C=O) groups excluding carboxylic acids is 1. The van der Waals surface area contributed by atoms with Crippen molar-refractivity contribution in [2.24, 2.45) is 0 Å². The molecular formula is C10H20N2O3S. The Labute approximate surface area is 96.9 Å². The number of amides is 1. The average Bonchev–Trinajstić information content (AvgIpc) is 2.59. The summed E-state index contributed by atoms with van der Waals surface area (Å²) in [6.07, 6.45) is 3.90. The first-order chi connectivity index (χ1) is 7.41. The summed E-state index contributed by atoms with van der Waals surface area (Å²) in [7, 11) is -2.96. The number of nitrogens with one attached hydrogen (secondary N) is 2. The van der Waals surface area contributed by atoms with Gasteiger partial charge < -0.3 is 10.6 Å². The number of hydrogen-bond donors (Lipinski definition) is 2. The largest absolute Gasteiger partial charge is 0.355 e. The fourth-order valence-corrected chi connectivity index (χ4v) is 3.59. The minimum Gasteiger partial charge on any atom is -0.355 e. The Kier molecular flexibility index (Phi) is 4.73. The van der Waals surface area contributed by atoms with Gasteiger partial charge in [-0.2, -0.15) is 0 Å². The maximum Gasteiger partial charge on any atom is 0.216 e. The second-order valence-corrected chi connectivity index (χ2v) is 6.61. The summed E-state index contributed by atoms with van der Waals surface area (Å²) in [5.41, 5.74) is 0. The lowest BCUT2D eigenvalue weighted by molar-refractivity contribution is -0.118. The van der Waals surface area contributed by atoms with Gasteiger partial charge in [-0.25, -0.2) is 8.42 Å². The SMILES string of the molecule is CC(=O)NCCNC1CCCC1S(C)(=O)=O. The van der Waals surface area contributed by atoms with Crippen LogP contribution in [0.25, 0.3) is 0 Å². The monoisotopic (exact) mass is 248 g/mol. The van der Waals surface area contributed by atoms with E-state index < -0.39 is 9.84 Å². The molecule has 0 heterocycles. The van der Waals surface area contributed by atoms with Crippen LogP contribution in [-0.2, 0) is 14.6 Å². The van der Waals surface area contributed by atoms with Crippen LogP contribution in [0.4, 0.5) is 0 Å². The summed E-state index contributed by atoms with van der Waals surface area (Å²) in [5, 5.41) is 5.61. The predicted octanol–water partition coefficient (Wildman–Crippen LogP) is -0.322. The number of carbonyl (C=O) groups is 1. The third-order valence-electron chi connectivity index (χ3n) is 2.91. The van der Waals surface area contributed by atoms with Crippen molar-refractivity contribution in [2.45, 2.75) is 37.5 Å². The molecule has 1 aliphatic rings. The Hall–Kier alpha value is -0.620. The maximum atomic E-state index is 11.5. The summed E-state index contributed by atoms with van der Waals surface area (Å²) >= 11 is 0. The van der Waals surface area contributed by atoms with Crippen molar-refractivity contribution in [1.29, 1.82) is 0 Å². The molecule has 0 saturated heterocycles. The van der Waals surface area contributed by atoms with Gasteiger partial charge in [0.25, 0.3) is 0 Å². The van der Waals surface area contributed by atoms with E-state index in [1.165, 1.54) is 13.2 Å². The second-order valence-electron chi connectivity index (χ2n) is 4.34. The lowest BCUT2D eigenvalue weighted by atomic mass is 10.2. The van der Waals surface area contributed by atoms with E-state index in [-0.39, 0.29) is 17.2 Å². The molecule has 94 valence electrons. The lowest BCUT2D eigenvalue weighted by Gasteiger charge is -2.19. The number of sulfone groups is 1. The molecular weight excluding hydrogens is 228 g/mol. The van der Waals surface area contributed by atoms with Crippen LogP contribution in [0.3, 0.4) is 0 Å². The predicted molar refractivity (Wildman–Crippen MR) is 63.0 cm³/mol. The molecule has 0 aromatic heterocycles. The Balaban J connectivity index is 2.34. The molecule has 1 aliphatic carbocycles. The molecule has 1 rings (SSSR count). The average molecular weight is 248 g/mol. The van der Waals surface area contributed by atoms with Crippen molar-refractivity contribution < 1.29 is 13.2 Å². The summed E-state index contributed by atoms with van der Waals surface area (Å²) in [6.45, 7) is 2.63. The minimum absolute atomic E-state index is 0.0451. The smallest absolute Gasteiger partial charge is 0.216 e. The van der Waals surface area contributed by atoms with Gasteiger partial charge in [-0.05, 0) is 12.8 Å². The van der Waals surface area contributed by atoms with Crippen molar-refractivity contribution in [3.05, 3.63) is 0 Å². The lowest BCUT2D eigenvalue weighted by Crippen LogP contribution is -2.43. The second kappa shape index (κ2) is 5.63. The molecule has 5 nitrogen and oxygen atoms in total. The van der Waals surface area contributed by atoms with Gasteiger partial charge in [-0.15, -0.1) is 0 Å². The van der Waals surface area contributed by atoms with Crippen molar-refractivity contribution in [3.8, 4) is 0 Å². The number of rotatable bonds is 5. The summed E-state index contributed by atoms with van der Waals surface area (Å²) in [5.74, 6) is -0.0621. The van der Waals surface area contributed by atoms with E-state index in [9.17, 15) is 13.2 Å². The first-order valence-corrected chi connectivity index (χ1v) is 7.53. The third kappa shape index (κ3) is 4.09. The van der Waals surface area contributed by atoms with Crippen molar-refractivity contribution >= 4 is 15.7 Å². The molecule has 0 spiro atoms. The molecule has 1 amide bonds. The van der Waals surface area contributed by atoms with Gasteiger partial charge in [0.1, 0.15) is 0 Å². The molecule has 0 aromatic carbocycles. The van der Waals surface area contributed by atoms with Gasteiger partial charge in [0.05, 0.1) is 5.25 Å². The molecule has 1 saturated carbocycles. The fourth-order valence-electron chi connectivity index (χ4n) is 2.17. The van der Waals surface area contributed by atoms with Gasteiger partial charge in [0.2, 0.25) is 5.91 Å². The van der Waals surface area contributed by atoms with E-state index in [4.69, 9.17) is 0 Å². The molecule has 16 heavy (non-hydrogen) atoms. The summed E-state index contributed by atoms with van der Waals surface area (Å²) in [4.78, 5) is 10.6. The highest BCUT2D eigenvalue weighted by Crippen LogP contribution is 2.24. The summed E-state index contributed by atoms with van der Waals surface area (Å²) in [6, 6.07) is 0.0451. The van der Waals surface area contributed by atoms with Gasteiger partial charge in [-0.1, -0.05) is 6.42 Å². The highest BCUT2D eigenvalue weighted by Gasteiger charge is 2.34. The van der Waals surface area contributed by atoms with E-state index in [2.05, 4.69) is 10.6 Å². The van der Waals surface area contributed by atoms with Crippen molar-refractivity contribution in [3.63, 3.8) is 0 Å². The van der Waals surface area contributed by atoms with Crippen LogP contribution in [-0.4, -0.2) is 45.0 Å². The normalized spacial score (nSPS) is 25.6. The molecule has 2 atom stereocenters. The molecule has 0 aromatic rings. The van der Waals surface area contributed by atoms with E-state index in [1.807, 2.05) is 0 Å². The van der Waals surface area contributed by atoms with Crippen LogP contribution in [0, 0.1) is 0 Å². The molecule has 0 radical (unpaired) electrons. The van der Waals surface area contributed by atoms with Gasteiger partial charge in [0.15, 0.2) is 9.84 Å². The van der Waals surface area contributed by atoms with E-state index in [1.54, 1.807) is 0 Å². The Bertz CT molecular complexity index is 340. The quantitative estimate of drug-likeness (QED) is 0.654. The van der Waals surface area contributed by atoms with Crippen molar-refractivity contribution in [1.82, 2.24) is 10.6 Å². The Morgan fingerprint density at radius 2 is 2.00 bits per heavy atom. The maximum absolute atomic E-state index is 11.5. The van der Waals surface area contributed by atoms with Crippen LogP contribution in [0.2, 0.25) is 0 Å². The first-order valence-electron chi connectivity index (χ1n) is 5.58. The van der Waals surface area contributed by atoms with Crippen LogP contribution < -0.4 is 10.6 Å². The number of hydrogen-bond acceptors (Lipinski definition) is 4. The molecule has 2 unspecified atom stereocenters. The van der Waals surface area contributed by atoms with Gasteiger partial charge in [-0.3, -0.25) is 4.79 Å². The van der Waals surface area contributed by atoms with Crippen LogP contribution >= 0.6 is 0 Å². The van der Waals surface area contributed by atoms with E-state index in [0.717, 1.165) is 19.3 Å². The van der Waals surface area contributed by atoms with Crippen LogP contribution in [0.5, 0.6) is 0 Å². The van der Waals surface area contributed by atoms with Gasteiger partial charge in [0, 0.05) is 32.3 Å². The topological polar surface area (TPSA) is 75.3 Å². The fraction of sp³-hybridized carbons (Fsp3) is 0.900. The zero-order valence-corrected chi connectivity index (χ0v) is 10.6. The van der Waals surface area contributed by atoms with Crippen molar-refractivity contribution in [2.75, 3.05) is 19.3 Å². The minimum atomic E-state index is -2.96. The van der Waals surface area contributed by atoms with Crippen LogP contribution in [0.1, 0.15) is 26.2 Å². The first kappa shape index (κ1) is 13.4. The Morgan fingerprint density at radius 3 is 2.56 bits per heavy atom. The van der Waals surface area contributed by atoms with E-state index >= 15 is 0 Å². The molecule has 1 fully saturated rings.